The minimum Gasteiger partial charge on any atom is -0.492 e. The second-order valence-electron chi connectivity index (χ2n) is 4.34. The second-order valence-corrected chi connectivity index (χ2v) is 4.34. The number of likely N-dealkylation sites (N-methyl/N-ethyl adjacent to an activating group) is 1. The number of hydrogen-bond acceptors (Lipinski definition) is 4. The highest BCUT2D eigenvalue weighted by Gasteiger charge is 2.22. The maximum atomic E-state index is 9.30. The Kier molecular flexibility index (Phi) is 5.41. The first-order chi connectivity index (χ1) is 8.13. The molecule has 0 amide bonds. The summed E-state index contributed by atoms with van der Waals surface area (Å²) in [6.07, 6.45) is 0. The highest BCUT2D eigenvalue weighted by atomic mass is 16.5. The van der Waals surface area contributed by atoms with Crippen molar-refractivity contribution in [2.24, 2.45) is 0 Å². The number of aliphatic hydroxyl groups is 2. The minimum absolute atomic E-state index is 0.0234. The summed E-state index contributed by atoms with van der Waals surface area (Å²) >= 11 is 0. The molecule has 4 heteroatoms. The van der Waals surface area contributed by atoms with E-state index < -0.39 is 5.54 Å². The lowest BCUT2D eigenvalue weighted by molar-refractivity contribution is 0.117. The van der Waals surface area contributed by atoms with Crippen LogP contribution in [-0.4, -0.2) is 35.5 Å². The monoisotopic (exact) mass is 239 g/mol. The summed E-state index contributed by atoms with van der Waals surface area (Å²) < 4.78 is 5.61. The quantitative estimate of drug-likeness (QED) is 0.662. The van der Waals surface area contributed by atoms with Gasteiger partial charge in [-0.3, -0.25) is 0 Å². The average Bonchev–Trinajstić information content (AvgIpc) is 2.37. The number of ether oxygens (including phenoxy) is 1. The van der Waals surface area contributed by atoms with Crippen LogP contribution in [0.25, 0.3) is 0 Å². The Morgan fingerprint density at radius 2 is 1.88 bits per heavy atom. The van der Waals surface area contributed by atoms with Gasteiger partial charge in [0.15, 0.2) is 0 Å². The van der Waals surface area contributed by atoms with E-state index in [2.05, 4.69) is 5.32 Å². The Bertz CT molecular complexity index is 326. The maximum Gasteiger partial charge on any atom is 0.119 e. The minimum atomic E-state index is -0.426. The number of hydrogen-bond donors (Lipinski definition) is 3. The summed E-state index contributed by atoms with van der Waals surface area (Å²) in [7, 11) is 0. The Morgan fingerprint density at radius 1 is 1.24 bits per heavy atom. The number of rotatable bonds is 7. The van der Waals surface area contributed by atoms with Crippen molar-refractivity contribution < 1.29 is 14.9 Å². The normalized spacial score (nSPS) is 14.4. The number of benzene rings is 1. The molecule has 0 spiro atoms. The van der Waals surface area contributed by atoms with Gasteiger partial charge in [-0.15, -0.1) is 0 Å². The Hall–Kier alpha value is -1.10. The summed E-state index contributed by atoms with van der Waals surface area (Å²) in [6.45, 7) is 5.14. The third-order valence-corrected chi connectivity index (χ3v) is 2.62. The van der Waals surface area contributed by atoms with E-state index >= 15 is 0 Å². The molecule has 1 atom stereocenters. The molecule has 0 heterocycles. The molecular weight excluding hydrogens is 218 g/mol. The zero-order chi connectivity index (χ0) is 12.7. The van der Waals surface area contributed by atoms with Gasteiger partial charge in [-0.1, -0.05) is 19.1 Å². The van der Waals surface area contributed by atoms with Crippen molar-refractivity contribution in [1.82, 2.24) is 5.32 Å². The first-order valence-corrected chi connectivity index (χ1v) is 5.82. The molecule has 1 aromatic rings. The molecule has 0 fully saturated rings. The number of aliphatic hydroxyl groups excluding tert-OH is 2. The summed E-state index contributed by atoms with van der Waals surface area (Å²) in [5.41, 5.74) is 0.429. The highest BCUT2D eigenvalue weighted by Crippen LogP contribution is 2.14. The summed E-state index contributed by atoms with van der Waals surface area (Å²) in [6, 6.07) is 7.27. The van der Waals surface area contributed by atoms with E-state index in [-0.39, 0.29) is 13.2 Å². The van der Waals surface area contributed by atoms with Gasteiger partial charge in [0, 0.05) is 0 Å². The van der Waals surface area contributed by atoms with Crippen LogP contribution in [0.4, 0.5) is 0 Å². The highest BCUT2D eigenvalue weighted by molar-refractivity contribution is 5.26. The molecule has 1 aromatic carbocycles. The van der Waals surface area contributed by atoms with Crippen molar-refractivity contribution >= 4 is 0 Å². The molecule has 4 nitrogen and oxygen atoms in total. The topological polar surface area (TPSA) is 61.7 Å². The molecule has 0 bridgehead atoms. The Labute approximate surface area is 102 Å². The van der Waals surface area contributed by atoms with Gasteiger partial charge in [0.25, 0.3) is 0 Å². The van der Waals surface area contributed by atoms with Crippen LogP contribution >= 0.6 is 0 Å². The predicted molar refractivity (Wildman–Crippen MR) is 67.0 cm³/mol. The van der Waals surface area contributed by atoms with Crippen LogP contribution in [0.3, 0.4) is 0 Å². The molecule has 1 rings (SSSR count). The molecule has 0 aliphatic carbocycles. The second kappa shape index (κ2) is 6.59. The van der Waals surface area contributed by atoms with Crippen LogP contribution in [0, 0.1) is 0 Å². The Morgan fingerprint density at radius 3 is 2.35 bits per heavy atom. The summed E-state index contributed by atoms with van der Waals surface area (Å²) in [4.78, 5) is 0. The smallest absolute Gasteiger partial charge is 0.119 e. The largest absolute Gasteiger partial charge is 0.492 e. The van der Waals surface area contributed by atoms with Gasteiger partial charge >= 0.3 is 0 Å². The third kappa shape index (κ3) is 4.34. The fourth-order valence-corrected chi connectivity index (χ4v) is 1.51. The van der Waals surface area contributed by atoms with E-state index in [0.717, 1.165) is 17.9 Å². The van der Waals surface area contributed by atoms with Crippen LogP contribution in [-0.2, 0) is 6.61 Å². The van der Waals surface area contributed by atoms with E-state index in [1.807, 2.05) is 38.1 Å². The van der Waals surface area contributed by atoms with Crippen LogP contribution in [0.5, 0.6) is 5.75 Å². The number of nitrogens with one attached hydrogen (secondary N) is 1. The summed E-state index contributed by atoms with van der Waals surface area (Å²) in [5.74, 6) is 0.736. The zero-order valence-electron chi connectivity index (χ0n) is 10.4. The lowest BCUT2D eigenvalue weighted by Gasteiger charge is -2.28. The lowest BCUT2D eigenvalue weighted by Crippen LogP contribution is -2.50. The van der Waals surface area contributed by atoms with E-state index in [1.165, 1.54) is 0 Å². The van der Waals surface area contributed by atoms with Crippen molar-refractivity contribution in [2.45, 2.75) is 26.0 Å². The van der Waals surface area contributed by atoms with Crippen LogP contribution < -0.4 is 10.1 Å². The molecule has 0 saturated heterocycles. The van der Waals surface area contributed by atoms with Crippen molar-refractivity contribution in [3.63, 3.8) is 0 Å². The molecule has 96 valence electrons. The first kappa shape index (κ1) is 14.0. The third-order valence-electron chi connectivity index (χ3n) is 2.62. The molecule has 1 unspecified atom stereocenters. The molecular formula is C13H21NO3. The molecule has 0 saturated carbocycles. The van der Waals surface area contributed by atoms with Gasteiger partial charge in [0.2, 0.25) is 0 Å². The van der Waals surface area contributed by atoms with Crippen molar-refractivity contribution in [1.29, 1.82) is 0 Å². The van der Waals surface area contributed by atoms with Crippen molar-refractivity contribution in [2.75, 3.05) is 19.8 Å². The fraction of sp³-hybridized carbons (Fsp3) is 0.538. The van der Waals surface area contributed by atoms with Gasteiger partial charge in [0.05, 0.1) is 18.8 Å². The molecule has 0 aromatic heterocycles. The SMILES string of the molecule is CCNC(C)(CO)COc1ccc(CO)cc1. The van der Waals surface area contributed by atoms with Crippen LogP contribution in [0.15, 0.2) is 24.3 Å². The zero-order valence-corrected chi connectivity index (χ0v) is 10.4. The molecule has 0 radical (unpaired) electrons. The van der Waals surface area contributed by atoms with Crippen LogP contribution in [0.1, 0.15) is 19.4 Å². The van der Waals surface area contributed by atoms with Gasteiger partial charge in [-0.05, 0) is 31.2 Å². The molecule has 3 N–H and O–H groups in total. The van der Waals surface area contributed by atoms with E-state index in [9.17, 15) is 5.11 Å². The predicted octanol–water partition coefficient (Wildman–Crippen LogP) is 0.918. The average molecular weight is 239 g/mol. The standard InChI is InChI=1S/C13H21NO3/c1-3-14-13(2,9-16)10-17-12-6-4-11(8-15)5-7-12/h4-7,14-16H,3,8-10H2,1-2H3. The first-order valence-electron chi connectivity index (χ1n) is 5.82. The van der Waals surface area contributed by atoms with E-state index in [0.29, 0.717) is 6.61 Å². The van der Waals surface area contributed by atoms with E-state index in [4.69, 9.17) is 9.84 Å². The Balaban J connectivity index is 2.53. The maximum absolute atomic E-state index is 9.30. The molecule has 0 aliphatic heterocycles. The molecule has 0 aliphatic rings. The fourth-order valence-electron chi connectivity index (χ4n) is 1.51. The molecule has 17 heavy (non-hydrogen) atoms. The van der Waals surface area contributed by atoms with Crippen molar-refractivity contribution in [3.8, 4) is 5.75 Å². The van der Waals surface area contributed by atoms with Crippen LogP contribution in [0.2, 0.25) is 0 Å². The lowest BCUT2D eigenvalue weighted by atomic mass is 10.1. The van der Waals surface area contributed by atoms with Gasteiger partial charge < -0.3 is 20.3 Å². The van der Waals surface area contributed by atoms with E-state index in [1.54, 1.807) is 0 Å². The van der Waals surface area contributed by atoms with Gasteiger partial charge in [-0.2, -0.15) is 0 Å². The van der Waals surface area contributed by atoms with Crippen molar-refractivity contribution in [3.05, 3.63) is 29.8 Å². The summed E-state index contributed by atoms with van der Waals surface area (Å²) in [5, 5.41) is 21.4. The van der Waals surface area contributed by atoms with Gasteiger partial charge in [0.1, 0.15) is 12.4 Å². The van der Waals surface area contributed by atoms with Gasteiger partial charge in [-0.25, -0.2) is 0 Å².